The Hall–Kier alpha value is -0.790. The van der Waals surface area contributed by atoms with Gasteiger partial charge in [-0.25, -0.2) is 0 Å². The van der Waals surface area contributed by atoms with Crippen molar-refractivity contribution in [3.63, 3.8) is 0 Å². The van der Waals surface area contributed by atoms with Crippen molar-refractivity contribution in [1.29, 1.82) is 0 Å². The van der Waals surface area contributed by atoms with Crippen LogP contribution in [0, 0.1) is 5.92 Å². The maximum Gasteiger partial charge on any atom is 0.136 e. The predicted molar refractivity (Wildman–Crippen MR) is 43.4 cm³/mol. The van der Waals surface area contributed by atoms with E-state index in [0.717, 1.165) is 38.4 Å². The first-order chi connectivity index (χ1) is 5.34. The van der Waals surface area contributed by atoms with Crippen LogP contribution < -0.4 is 0 Å². The van der Waals surface area contributed by atoms with Crippen LogP contribution in [0.4, 0.5) is 0 Å². The quantitative estimate of drug-likeness (QED) is 0.619. The summed E-state index contributed by atoms with van der Waals surface area (Å²) in [4.78, 5) is 11.2. The molecule has 0 aromatic rings. The Morgan fingerprint density at radius 1 is 1.55 bits per heavy atom. The Morgan fingerprint density at radius 3 is 3.00 bits per heavy atom. The molecule has 62 valence electrons. The van der Waals surface area contributed by atoms with Crippen LogP contribution in [0.25, 0.3) is 0 Å². The topological polar surface area (TPSA) is 37.3 Å². The van der Waals surface area contributed by atoms with Crippen molar-refractivity contribution in [3.05, 3.63) is 12.3 Å². The van der Waals surface area contributed by atoms with Gasteiger partial charge < -0.3 is 5.11 Å². The van der Waals surface area contributed by atoms with Crippen molar-refractivity contribution in [2.75, 3.05) is 0 Å². The summed E-state index contributed by atoms with van der Waals surface area (Å²) in [5, 5.41) is 8.39. The zero-order chi connectivity index (χ0) is 8.10. The van der Waals surface area contributed by atoms with Crippen LogP contribution >= 0.6 is 0 Å². The molecule has 1 unspecified atom stereocenters. The average Bonchev–Trinajstić information content (AvgIpc) is 2.03. The van der Waals surface area contributed by atoms with E-state index in [4.69, 9.17) is 5.11 Å². The van der Waals surface area contributed by atoms with E-state index in [2.05, 4.69) is 0 Å². The maximum atomic E-state index is 11.2. The minimum Gasteiger partial charge on any atom is -0.516 e. The fraction of sp³-hybridized carbons (Fsp3) is 0.667. The second-order valence-electron chi connectivity index (χ2n) is 3.03. The summed E-state index contributed by atoms with van der Waals surface area (Å²) < 4.78 is 0. The molecule has 0 saturated heterocycles. The monoisotopic (exact) mass is 154 g/mol. The van der Waals surface area contributed by atoms with Gasteiger partial charge in [0.25, 0.3) is 0 Å². The summed E-state index contributed by atoms with van der Waals surface area (Å²) in [6.07, 6.45) is 7.37. The van der Waals surface area contributed by atoms with Crippen molar-refractivity contribution in [2.24, 2.45) is 5.92 Å². The number of carbonyl (C=O) groups is 1. The molecule has 2 heteroatoms. The summed E-state index contributed by atoms with van der Waals surface area (Å²) in [5.74, 6) is 0.557. The normalized spacial score (nSPS) is 26.2. The van der Waals surface area contributed by atoms with Gasteiger partial charge >= 0.3 is 0 Å². The molecular weight excluding hydrogens is 140 g/mol. The molecule has 1 rings (SSSR count). The van der Waals surface area contributed by atoms with Gasteiger partial charge in [0, 0.05) is 12.3 Å². The van der Waals surface area contributed by atoms with Crippen molar-refractivity contribution in [1.82, 2.24) is 0 Å². The molecule has 1 fully saturated rings. The fourth-order valence-electron chi connectivity index (χ4n) is 1.53. The molecule has 11 heavy (non-hydrogen) atoms. The maximum absolute atomic E-state index is 11.2. The van der Waals surface area contributed by atoms with Crippen molar-refractivity contribution in [3.8, 4) is 0 Å². The Balaban J connectivity index is 2.35. The Kier molecular flexibility index (Phi) is 3.14. The van der Waals surface area contributed by atoms with Crippen LogP contribution in [0.2, 0.25) is 0 Å². The molecule has 1 aliphatic carbocycles. The van der Waals surface area contributed by atoms with Crippen LogP contribution in [0.5, 0.6) is 0 Å². The zero-order valence-electron chi connectivity index (χ0n) is 6.62. The number of carbonyl (C=O) groups excluding carboxylic acids is 1. The molecule has 1 saturated carbocycles. The minimum absolute atomic E-state index is 0.187. The number of rotatable bonds is 2. The van der Waals surface area contributed by atoms with Crippen LogP contribution in [-0.2, 0) is 4.79 Å². The van der Waals surface area contributed by atoms with Crippen molar-refractivity contribution < 1.29 is 9.90 Å². The number of hydrogen-bond acceptors (Lipinski definition) is 2. The van der Waals surface area contributed by atoms with Gasteiger partial charge in [0.05, 0.1) is 6.26 Å². The highest BCUT2D eigenvalue weighted by Crippen LogP contribution is 2.23. The SMILES string of the molecule is O=C1CCCCC1CC=CO. The Labute approximate surface area is 66.9 Å². The summed E-state index contributed by atoms with van der Waals surface area (Å²) in [5.41, 5.74) is 0. The first-order valence-corrected chi connectivity index (χ1v) is 4.16. The molecule has 0 radical (unpaired) electrons. The van der Waals surface area contributed by atoms with Crippen LogP contribution in [0.15, 0.2) is 12.3 Å². The minimum atomic E-state index is 0.187. The number of aliphatic hydroxyl groups is 1. The summed E-state index contributed by atoms with van der Waals surface area (Å²) in [7, 11) is 0. The van der Waals surface area contributed by atoms with Crippen LogP contribution in [-0.4, -0.2) is 10.9 Å². The van der Waals surface area contributed by atoms with Crippen LogP contribution in [0.3, 0.4) is 0 Å². The van der Waals surface area contributed by atoms with Gasteiger partial charge in [0.2, 0.25) is 0 Å². The third-order valence-electron chi connectivity index (χ3n) is 2.21. The molecule has 0 heterocycles. The smallest absolute Gasteiger partial charge is 0.136 e. The summed E-state index contributed by atoms with van der Waals surface area (Å²) in [6, 6.07) is 0. The lowest BCUT2D eigenvalue weighted by atomic mass is 9.86. The standard InChI is InChI=1S/C9H14O2/c10-7-3-5-8-4-1-2-6-9(8)11/h3,7-8,10H,1-2,4-6H2. The molecule has 1 atom stereocenters. The van der Waals surface area contributed by atoms with Gasteiger partial charge in [-0.05, 0) is 25.3 Å². The van der Waals surface area contributed by atoms with Gasteiger partial charge in [-0.2, -0.15) is 0 Å². The van der Waals surface area contributed by atoms with Gasteiger partial charge in [-0.1, -0.05) is 6.42 Å². The molecule has 1 aliphatic rings. The third-order valence-corrected chi connectivity index (χ3v) is 2.21. The largest absolute Gasteiger partial charge is 0.516 e. The molecule has 0 aromatic carbocycles. The fourth-order valence-corrected chi connectivity index (χ4v) is 1.53. The molecular formula is C9H14O2. The van der Waals surface area contributed by atoms with Gasteiger partial charge in [-0.15, -0.1) is 0 Å². The number of allylic oxidation sites excluding steroid dienone is 1. The Bertz CT molecular complexity index is 161. The second kappa shape index (κ2) is 4.16. The predicted octanol–water partition coefficient (Wildman–Crippen LogP) is 2.21. The third kappa shape index (κ3) is 2.37. The number of ketones is 1. The van der Waals surface area contributed by atoms with E-state index < -0.39 is 0 Å². The lowest BCUT2D eigenvalue weighted by Crippen LogP contribution is -2.17. The highest BCUT2D eigenvalue weighted by atomic mass is 16.2. The molecule has 0 aliphatic heterocycles. The molecule has 1 N–H and O–H groups in total. The van der Waals surface area contributed by atoms with Crippen molar-refractivity contribution in [2.45, 2.75) is 32.1 Å². The van der Waals surface area contributed by atoms with Crippen molar-refractivity contribution >= 4 is 5.78 Å². The highest BCUT2D eigenvalue weighted by Gasteiger charge is 2.20. The lowest BCUT2D eigenvalue weighted by molar-refractivity contribution is -0.124. The summed E-state index contributed by atoms with van der Waals surface area (Å²) in [6.45, 7) is 0. The van der Waals surface area contributed by atoms with Gasteiger partial charge in [-0.3, -0.25) is 4.79 Å². The van der Waals surface area contributed by atoms with E-state index in [1.165, 1.54) is 0 Å². The average molecular weight is 154 g/mol. The second-order valence-corrected chi connectivity index (χ2v) is 3.03. The lowest BCUT2D eigenvalue weighted by Gasteiger charge is -2.18. The number of aliphatic hydroxyl groups excluding tert-OH is 1. The molecule has 0 amide bonds. The van der Waals surface area contributed by atoms with Crippen LogP contribution in [0.1, 0.15) is 32.1 Å². The van der Waals surface area contributed by atoms with E-state index >= 15 is 0 Å². The van der Waals surface area contributed by atoms with E-state index in [1.54, 1.807) is 6.08 Å². The number of hydrogen-bond donors (Lipinski definition) is 1. The van der Waals surface area contributed by atoms with E-state index in [-0.39, 0.29) is 5.92 Å². The first-order valence-electron chi connectivity index (χ1n) is 4.16. The molecule has 2 nitrogen and oxygen atoms in total. The van der Waals surface area contributed by atoms with E-state index in [9.17, 15) is 4.79 Å². The molecule has 0 bridgehead atoms. The number of Topliss-reactive ketones (excluding diaryl/α,β-unsaturated/α-hetero) is 1. The van der Waals surface area contributed by atoms with Gasteiger partial charge in [0.15, 0.2) is 0 Å². The van der Waals surface area contributed by atoms with E-state index in [1.807, 2.05) is 0 Å². The summed E-state index contributed by atoms with van der Waals surface area (Å²) >= 11 is 0. The first kappa shape index (κ1) is 8.31. The van der Waals surface area contributed by atoms with Gasteiger partial charge in [0.1, 0.15) is 5.78 Å². The van der Waals surface area contributed by atoms with E-state index in [0.29, 0.717) is 5.78 Å². The Morgan fingerprint density at radius 2 is 2.36 bits per heavy atom. The zero-order valence-corrected chi connectivity index (χ0v) is 6.62. The highest BCUT2D eigenvalue weighted by molar-refractivity contribution is 5.81. The molecule has 0 aromatic heterocycles. The molecule has 0 spiro atoms.